The molecule has 0 fully saturated rings. The van der Waals surface area contributed by atoms with Crippen LogP contribution in [0.3, 0.4) is 0 Å². The number of aromatic nitrogens is 1. The van der Waals surface area contributed by atoms with Gasteiger partial charge in [-0.15, -0.1) is 11.3 Å². The smallest absolute Gasteiger partial charge is 0.185 e. The SMILES string of the molecule is CCNCc1sc(N(C)CC)nc1C(C)CC. The van der Waals surface area contributed by atoms with Gasteiger partial charge in [-0.05, 0) is 25.8 Å². The van der Waals surface area contributed by atoms with Gasteiger partial charge >= 0.3 is 0 Å². The highest BCUT2D eigenvalue weighted by atomic mass is 32.1. The van der Waals surface area contributed by atoms with E-state index < -0.39 is 0 Å². The van der Waals surface area contributed by atoms with Crippen LogP contribution < -0.4 is 10.2 Å². The summed E-state index contributed by atoms with van der Waals surface area (Å²) in [5, 5.41) is 4.55. The van der Waals surface area contributed by atoms with Crippen LogP contribution in [0.4, 0.5) is 5.13 Å². The number of rotatable bonds is 7. The van der Waals surface area contributed by atoms with E-state index in [1.165, 1.54) is 10.6 Å². The number of nitrogens with one attached hydrogen (secondary N) is 1. The van der Waals surface area contributed by atoms with Crippen molar-refractivity contribution in [2.45, 2.75) is 46.6 Å². The van der Waals surface area contributed by atoms with Crippen molar-refractivity contribution in [2.24, 2.45) is 0 Å². The third-order valence-corrected chi connectivity index (χ3v) is 4.32. The molecule has 1 rings (SSSR count). The molecule has 0 aliphatic heterocycles. The van der Waals surface area contributed by atoms with Crippen molar-refractivity contribution in [3.05, 3.63) is 10.6 Å². The largest absolute Gasteiger partial charge is 0.351 e. The molecule has 98 valence electrons. The van der Waals surface area contributed by atoms with Crippen LogP contribution in [0.25, 0.3) is 0 Å². The van der Waals surface area contributed by atoms with Crippen LogP contribution >= 0.6 is 11.3 Å². The van der Waals surface area contributed by atoms with Gasteiger partial charge in [0, 0.05) is 25.0 Å². The molecule has 1 heterocycles. The number of hydrogen-bond donors (Lipinski definition) is 1. The van der Waals surface area contributed by atoms with Crippen molar-refractivity contribution >= 4 is 16.5 Å². The molecule has 0 spiro atoms. The van der Waals surface area contributed by atoms with Gasteiger partial charge in [-0.1, -0.05) is 20.8 Å². The fraction of sp³-hybridized carbons (Fsp3) is 0.769. The minimum atomic E-state index is 0.555. The predicted molar refractivity (Wildman–Crippen MR) is 77.1 cm³/mol. The summed E-state index contributed by atoms with van der Waals surface area (Å²) in [6, 6.07) is 0. The van der Waals surface area contributed by atoms with E-state index in [1.807, 2.05) is 11.3 Å². The lowest BCUT2D eigenvalue weighted by atomic mass is 10.0. The standard InChI is InChI=1S/C13H25N3S/c1-6-10(4)12-11(9-14-7-2)17-13(15-12)16(5)8-3/h10,14H,6-9H2,1-5H3. The molecule has 0 amide bonds. The Bertz CT molecular complexity index is 335. The van der Waals surface area contributed by atoms with Gasteiger partial charge in [0.25, 0.3) is 0 Å². The molecule has 0 saturated heterocycles. The highest BCUT2D eigenvalue weighted by Gasteiger charge is 2.16. The van der Waals surface area contributed by atoms with Crippen molar-refractivity contribution in [3.63, 3.8) is 0 Å². The minimum absolute atomic E-state index is 0.555. The summed E-state index contributed by atoms with van der Waals surface area (Å²) in [4.78, 5) is 8.42. The van der Waals surface area contributed by atoms with Gasteiger partial charge in [0.15, 0.2) is 5.13 Å². The highest BCUT2D eigenvalue weighted by molar-refractivity contribution is 7.15. The maximum atomic E-state index is 4.81. The fourth-order valence-electron chi connectivity index (χ4n) is 1.59. The van der Waals surface area contributed by atoms with E-state index >= 15 is 0 Å². The van der Waals surface area contributed by atoms with E-state index in [0.717, 1.165) is 31.2 Å². The van der Waals surface area contributed by atoms with Crippen LogP contribution in [-0.2, 0) is 6.54 Å². The van der Waals surface area contributed by atoms with Gasteiger partial charge < -0.3 is 10.2 Å². The van der Waals surface area contributed by atoms with Gasteiger partial charge in [-0.3, -0.25) is 0 Å². The van der Waals surface area contributed by atoms with Crippen LogP contribution in [0, 0.1) is 0 Å². The minimum Gasteiger partial charge on any atom is -0.351 e. The second kappa shape index (κ2) is 6.97. The summed E-state index contributed by atoms with van der Waals surface area (Å²) in [6.07, 6.45) is 1.15. The Hall–Kier alpha value is -0.610. The number of nitrogens with zero attached hydrogens (tertiary/aromatic N) is 2. The molecule has 1 aromatic rings. The molecular formula is C13H25N3S. The quantitative estimate of drug-likeness (QED) is 0.811. The Balaban J connectivity index is 2.94. The molecule has 17 heavy (non-hydrogen) atoms. The fourth-order valence-corrected chi connectivity index (χ4v) is 2.77. The molecule has 0 radical (unpaired) electrons. The van der Waals surface area contributed by atoms with Crippen molar-refractivity contribution < 1.29 is 0 Å². The summed E-state index contributed by atoms with van der Waals surface area (Å²) in [6.45, 7) is 11.8. The van der Waals surface area contributed by atoms with E-state index in [1.54, 1.807) is 0 Å². The Morgan fingerprint density at radius 1 is 1.35 bits per heavy atom. The molecule has 3 nitrogen and oxygen atoms in total. The van der Waals surface area contributed by atoms with E-state index in [2.05, 4.69) is 45.0 Å². The Morgan fingerprint density at radius 3 is 2.59 bits per heavy atom. The third kappa shape index (κ3) is 3.68. The van der Waals surface area contributed by atoms with E-state index in [-0.39, 0.29) is 0 Å². The zero-order valence-electron chi connectivity index (χ0n) is 11.7. The number of thiazole rings is 1. The molecule has 0 aliphatic carbocycles. The average molecular weight is 255 g/mol. The zero-order chi connectivity index (χ0) is 12.8. The monoisotopic (exact) mass is 255 g/mol. The third-order valence-electron chi connectivity index (χ3n) is 3.13. The van der Waals surface area contributed by atoms with Crippen LogP contribution in [0.2, 0.25) is 0 Å². The molecule has 0 saturated carbocycles. The Labute approximate surface area is 109 Å². The Kier molecular flexibility index (Phi) is 5.92. The maximum Gasteiger partial charge on any atom is 0.185 e. The van der Waals surface area contributed by atoms with Crippen molar-refractivity contribution in [1.29, 1.82) is 0 Å². The summed E-state index contributed by atoms with van der Waals surface area (Å²) in [5.74, 6) is 0.555. The van der Waals surface area contributed by atoms with Crippen molar-refractivity contribution in [3.8, 4) is 0 Å². The topological polar surface area (TPSA) is 28.2 Å². The normalized spacial score (nSPS) is 12.8. The first-order valence-electron chi connectivity index (χ1n) is 6.55. The molecular weight excluding hydrogens is 230 g/mol. The molecule has 1 aromatic heterocycles. The van der Waals surface area contributed by atoms with Crippen LogP contribution in [0.15, 0.2) is 0 Å². The summed E-state index contributed by atoms with van der Waals surface area (Å²) in [7, 11) is 2.11. The summed E-state index contributed by atoms with van der Waals surface area (Å²) >= 11 is 1.83. The molecule has 0 aromatic carbocycles. The molecule has 4 heteroatoms. The van der Waals surface area contributed by atoms with Gasteiger partial charge in [0.2, 0.25) is 0 Å². The first kappa shape index (κ1) is 14.5. The molecule has 0 bridgehead atoms. The molecule has 0 aliphatic rings. The first-order chi connectivity index (χ1) is 8.13. The van der Waals surface area contributed by atoms with Crippen molar-refractivity contribution in [2.75, 3.05) is 25.0 Å². The lowest BCUT2D eigenvalue weighted by molar-refractivity contribution is 0.677. The number of anilines is 1. The van der Waals surface area contributed by atoms with Crippen LogP contribution in [0.5, 0.6) is 0 Å². The molecule has 1 atom stereocenters. The summed E-state index contributed by atoms with van der Waals surface area (Å²) in [5.41, 5.74) is 1.29. The summed E-state index contributed by atoms with van der Waals surface area (Å²) < 4.78 is 0. The van der Waals surface area contributed by atoms with Crippen LogP contribution in [-0.4, -0.2) is 25.1 Å². The van der Waals surface area contributed by atoms with E-state index in [9.17, 15) is 0 Å². The van der Waals surface area contributed by atoms with Gasteiger partial charge in [-0.25, -0.2) is 4.98 Å². The predicted octanol–water partition coefficient (Wildman–Crippen LogP) is 3.22. The van der Waals surface area contributed by atoms with Gasteiger partial charge in [0.05, 0.1) is 5.69 Å². The van der Waals surface area contributed by atoms with E-state index in [0.29, 0.717) is 5.92 Å². The second-order valence-electron chi connectivity index (χ2n) is 4.41. The van der Waals surface area contributed by atoms with Gasteiger partial charge in [0.1, 0.15) is 0 Å². The van der Waals surface area contributed by atoms with E-state index in [4.69, 9.17) is 4.98 Å². The lowest BCUT2D eigenvalue weighted by Crippen LogP contribution is -2.15. The number of hydrogen-bond acceptors (Lipinski definition) is 4. The highest BCUT2D eigenvalue weighted by Crippen LogP contribution is 2.31. The van der Waals surface area contributed by atoms with Crippen LogP contribution in [0.1, 0.15) is 50.6 Å². The lowest BCUT2D eigenvalue weighted by Gasteiger charge is -2.11. The zero-order valence-corrected chi connectivity index (χ0v) is 12.5. The van der Waals surface area contributed by atoms with Gasteiger partial charge in [-0.2, -0.15) is 0 Å². The second-order valence-corrected chi connectivity index (χ2v) is 5.47. The molecule has 1 N–H and O–H groups in total. The average Bonchev–Trinajstić information content (AvgIpc) is 2.78. The first-order valence-corrected chi connectivity index (χ1v) is 7.37. The Morgan fingerprint density at radius 2 is 2.06 bits per heavy atom. The maximum absolute atomic E-state index is 4.81. The molecule has 1 unspecified atom stereocenters. The van der Waals surface area contributed by atoms with Crippen molar-refractivity contribution in [1.82, 2.24) is 10.3 Å².